The number of halogens is 1. The predicted octanol–water partition coefficient (Wildman–Crippen LogP) is 0.882. The Hall–Kier alpha value is -1.35. The van der Waals surface area contributed by atoms with Gasteiger partial charge in [0.15, 0.2) is 0 Å². The number of hydrogen-bond acceptors (Lipinski definition) is 5. The molecule has 1 aromatic carbocycles. The maximum atomic E-state index is 12.3. The number of rotatable bonds is 8. The van der Waals surface area contributed by atoms with Crippen molar-refractivity contribution in [2.24, 2.45) is 5.73 Å². The van der Waals surface area contributed by atoms with E-state index in [1.807, 2.05) is 0 Å². The minimum atomic E-state index is -3.76. The van der Waals surface area contributed by atoms with Gasteiger partial charge in [0.2, 0.25) is 10.0 Å². The normalized spacial score (nSPS) is 11.0. The van der Waals surface area contributed by atoms with E-state index >= 15 is 0 Å². The van der Waals surface area contributed by atoms with E-state index in [2.05, 4.69) is 10.0 Å². The summed E-state index contributed by atoms with van der Waals surface area (Å²) in [4.78, 5) is 12.0. The highest BCUT2D eigenvalue weighted by Gasteiger charge is 2.22. The smallest absolute Gasteiger partial charge is 0.251 e. The van der Waals surface area contributed by atoms with Gasteiger partial charge in [0.1, 0.15) is 10.6 Å². The topological polar surface area (TPSA) is 111 Å². The minimum Gasteiger partial charge on any atom is -0.495 e. The first-order chi connectivity index (χ1) is 10.3. The fraction of sp³-hybridized carbons (Fsp3) is 0.500. The lowest BCUT2D eigenvalue weighted by molar-refractivity contribution is 0.0953. The molecule has 0 bridgehead atoms. The van der Waals surface area contributed by atoms with Crippen molar-refractivity contribution >= 4 is 28.3 Å². The van der Waals surface area contributed by atoms with Gasteiger partial charge in [-0.1, -0.05) is 0 Å². The van der Waals surface area contributed by atoms with Crippen molar-refractivity contribution in [2.75, 3.05) is 20.2 Å². The maximum absolute atomic E-state index is 12.3. The van der Waals surface area contributed by atoms with Crippen molar-refractivity contribution < 1.29 is 17.9 Å². The van der Waals surface area contributed by atoms with Crippen LogP contribution in [0.25, 0.3) is 0 Å². The molecule has 0 aromatic heterocycles. The summed E-state index contributed by atoms with van der Waals surface area (Å²) >= 11 is 0. The number of sulfonamides is 1. The third kappa shape index (κ3) is 6.34. The highest BCUT2D eigenvalue weighted by molar-refractivity contribution is 7.89. The number of amides is 1. The van der Waals surface area contributed by atoms with Crippen LogP contribution in [0.2, 0.25) is 0 Å². The second-order valence-corrected chi connectivity index (χ2v) is 6.72. The second kappa shape index (κ2) is 9.71. The van der Waals surface area contributed by atoms with Gasteiger partial charge in [0.05, 0.1) is 7.11 Å². The Morgan fingerprint density at radius 2 is 2.00 bits per heavy atom. The fourth-order valence-corrected chi connectivity index (χ4v) is 3.25. The van der Waals surface area contributed by atoms with Gasteiger partial charge in [0, 0.05) is 18.2 Å². The van der Waals surface area contributed by atoms with Crippen molar-refractivity contribution in [3.63, 3.8) is 0 Å². The van der Waals surface area contributed by atoms with E-state index in [0.717, 1.165) is 0 Å². The number of nitrogens with one attached hydrogen (secondary N) is 2. The average molecular weight is 366 g/mol. The monoisotopic (exact) mass is 365 g/mol. The molecule has 132 valence electrons. The fourth-order valence-electron chi connectivity index (χ4n) is 1.81. The number of ether oxygens (including phenoxy) is 1. The zero-order valence-electron chi connectivity index (χ0n) is 13.5. The summed E-state index contributed by atoms with van der Waals surface area (Å²) in [6, 6.07) is 4.02. The van der Waals surface area contributed by atoms with Crippen LogP contribution in [0.5, 0.6) is 5.75 Å². The van der Waals surface area contributed by atoms with Crippen molar-refractivity contribution in [3.05, 3.63) is 23.8 Å². The first kappa shape index (κ1) is 21.6. The Labute approximate surface area is 143 Å². The summed E-state index contributed by atoms with van der Waals surface area (Å²) in [7, 11) is -2.38. The van der Waals surface area contributed by atoms with E-state index in [0.29, 0.717) is 19.5 Å². The van der Waals surface area contributed by atoms with Crippen LogP contribution in [0.1, 0.15) is 30.6 Å². The second-order valence-electron chi connectivity index (χ2n) is 5.04. The Morgan fingerprint density at radius 3 is 2.52 bits per heavy atom. The van der Waals surface area contributed by atoms with Crippen LogP contribution in [-0.2, 0) is 10.0 Å². The maximum Gasteiger partial charge on any atom is 0.251 e. The van der Waals surface area contributed by atoms with E-state index < -0.39 is 10.0 Å². The molecule has 0 saturated carbocycles. The van der Waals surface area contributed by atoms with Crippen LogP contribution in [0, 0.1) is 0 Å². The number of carbonyl (C=O) groups excluding carboxylic acids is 1. The zero-order chi connectivity index (χ0) is 16.8. The molecule has 0 aliphatic heterocycles. The summed E-state index contributed by atoms with van der Waals surface area (Å²) in [5.41, 5.74) is 5.62. The quantitative estimate of drug-likeness (QED) is 0.592. The van der Waals surface area contributed by atoms with E-state index in [-0.39, 0.29) is 40.6 Å². The Kier molecular flexibility index (Phi) is 9.14. The van der Waals surface area contributed by atoms with Gasteiger partial charge in [0.25, 0.3) is 5.91 Å². The van der Waals surface area contributed by atoms with Crippen LogP contribution in [0.4, 0.5) is 0 Å². The summed E-state index contributed by atoms with van der Waals surface area (Å²) in [6.45, 7) is 4.34. The van der Waals surface area contributed by atoms with Crippen LogP contribution in [0.15, 0.2) is 23.1 Å². The Balaban J connectivity index is 0.00000484. The molecular formula is C14H24ClN3O4S. The highest BCUT2D eigenvalue weighted by Crippen LogP contribution is 2.25. The largest absolute Gasteiger partial charge is 0.495 e. The van der Waals surface area contributed by atoms with Gasteiger partial charge in [-0.2, -0.15) is 0 Å². The number of nitrogens with two attached hydrogens (primary N) is 1. The summed E-state index contributed by atoms with van der Waals surface area (Å²) in [5, 5.41) is 2.68. The number of benzene rings is 1. The molecule has 0 radical (unpaired) electrons. The van der Waals surface area contributed by atoms with E-state index in [1.54, 1.807) is 13.8 Å². The zero-order valence-corrected chi connectivity index (χ0v) is 15.1. The lowest BCUT2D eigenvalue weighted by Crippen LogP contribution is -2.31. The molecular weight excluding hydrogens is 342 g/mol. The molecule has 0 spiro atoms. The SMILES string of the molecule is COc1ccc(C(=O)NCCCN)cc1S(=O)(=O)NC(C)C.Cl. The van der Waals surface area contributed by atoms with E-state index in [9.17, 15) is 13.2 Å². The van der Waals surface area contributed by atoms with Crippen LogP contribution in [0.3, 0.4) is 0 Å². The van der Waals surface area contributed by atoms with Gasteiger partial charge >= 0.3 is 0 Å². The Bertz CT molecular complexity index is 620. The standard InChI is InChI=1S/C14H23N3O4S.ClH/c1-10(2)17-22(19,20)13-9-11(5-6-12(13)21-3)14(18)16-8-4-7-15;/h5-6,9-10,17H,4,7-8,15H2,1-3H3,(H,16,18);1H. The third-order valence-electron chi connectivity index (χ3n) is 2.77. The molecule has 0 unspecified atom stereocenters. The molecule has 9 heteroatoms. The highest BCUT2D eigenvalue weighted by atomic mass is 35.5. The van der Waals surface area contributed by atoms with Crippen molar-refractivity contribution in [3.8, 4) is 5.75 Å². The minimum absolute atomic E-state index is 0. The van der Waals surface area contributed by atoms with Crippen molar-refractivity contribution in [1.29, 1.82) is 0 Å². The molecule has 23 heavy (non-hydrogen) atoms. The van der Waals surface area contributed by atoms with Gasteiger partial charge in [-0.15, -0.1) is 12.4 Å². The van der Waals surface area contributed by atoms with Crippen molar-refractivity contribution in [1.82, 2.24) is 10.0 Å². The summed E-state index contributed by atoms with van der Waals surface area (Å²) in [6.07, 6.45) is 0.655. The molecule has 0 heterocycles. The van der Waals surface area contributed by atoms with Gasteiger partial charge in [-0.3, -0.25) is 4.79 Å². The number of carbonyl (C=O) groups is 1. The number of methoxy groups -OCH3 is 1. The Morgan fingerprint density at radius 1 is 1.35 bits per heavy atom. The summed E-state index contributed by atoms with van der Waals surface area (Å²) in [5.74, 6) is -0.163. The van der Waals surface area contributed by atoms with Crippen molar-refractivity contribution in [2.45, 2.75) is 31.2 Å². The van der Waals surface area contributed by atoms with Crippen LogP contribution >= 0.6 is 12.4 Å². The van der Waals surface area contributed by atoms with Crippen LogP contribution in [-0.4, -0.2) is 40.6 Å². The molecule has 0 saturated heterocycles. The lowest BCUT2D eigenvalue weighted by Gasteiger charge is -2.14. The van der Waals surface area contributed by atoms with Gasteiger partial charge in [-0.25, -0.2) is 13.1 Å². The molecule has 7 nitrogen and oxygen atoms in total. The molecule has 0 aliphatic carbocycles. The molecule has 4 N–H and O–H groups in total. The summed E-state index contributed by atoms with van der Waals surface area (Å²) < 4.78 is 32.2. The molecule has 0 atom stereocenters. The first-order valence-corrected chi connectivity index (χ1v) is 8.48. The van der Waals surface area contributed by atoms with Gasteiger partial charge in [-0.05, 0) is 45.0 Å². The lowest BCUT2D eigenvalue weighted by atomic mass is 10.2. The third-order valence-corrected chi connectivity index (χ3v) is 4.45. The molecule has 1 amide bonds. The first-order valence-electron chi connectivity index (χ1n) is 7.00. The van der Waals surface area contributed by atoms with E-state index in [4.69, 9.17) is 10.5 Å². The average Bonchev–Trinajstić information content (AvgIpc) is 2.45. The number of hydrogen-bond donors (Lipinski definition) is 3. The van der Waals surface area contributed by atoms with E-state index in [1.165, 1.54) is 25.3 Å². The molecule has 1 rings (SSSR count). The molecule has 1 aromatic rings. The predicted molar refractivity (Wildman–Crippen MR) is 91.7 cm³/mol. The molecule has 0 aliphatic rings. The van der Waals surface area contributed by atoms with Gasteiger partial charge < -0.3 is 15.8 Å². The molecule has 0 fully saturated rings. The van der Waals surface area contributed by atoms with Crippen LogP contribution < -0.4 is 20.5 Å².